The Hall–Kier alpha value is -3.37. The summed E-state index contributed by atoms with van der Waals surface area (Å²) in [7, 11) is 0. The van der Waals surface area contributed by atoms with Crippen molar-refractivity contribution in [1.29, 1.82) is 0 Å². The number of rotatable bonds is 3. The van der Waals surface area contributed by atoms with E-state index < -0.39 is 17.7 Å². The lowest BCUT2D eigenvalue weighted by Gasteiger charge is -2.25. The number of anilines is 1. The van der Waals surface area contributed by atoms with E-state index >= 15 is 0 Å². The Morgan fingerprint density at radius 2 is 1.62 bits per heavy atom. The Kier molecular flexibility index (Phi) is 4.95. The highest BCUT2D eigenvalue weighted by molar-refractivity contribution is 6.51. The SMILES string of the molecule is Cc1cccc(N2C(=O)C(=O)/C(=C(/O)c3ccccc3)C2c2ccc(Cl)cc2)c1. The molecule has 5 heteroatoms. The van der Waals surface area contributed by atoms with Crippen LogP contribution in [0.5, 0.6) is 0 Å². The van der Waals surface area contributed by atoms with Crippen molar-refractivity contribution in [3.05, 3.63) is 106 Å². The molecule has 144 valence electrons. The molecule has 29 heavy (non-hydrogen) atoms. The number of nitrogens with zero attached hydrogens (tertiary/aromatic N) is 1. The van der Waals surface area contributed by atoms with E-state index in [1.807, 2.05) is 31.2 Å². The predicted octanol–water partition coefficient (Wildman–Crippen LogP) is 5.27. The van der Waals surface area contributed by atoms with Gasteiger partial charge in [-0.3, -0.25) is 14.5 Å². The monoisotopic (exact) mass is 403 g/mol. The fourth-order valence-electron chi connectivity index (χ4n) is 3.59. The number of aliphatic hydroxyl groups is 1. The molecule has 0 saturated carbocycles. The number of ketones is 1. The number of amides is 1. The molecule has 1 amide bonds. The smallest absolute Gasteiger partial charge is 0.300 e. The lowest BCUT2D eigenvalue weighted by molar-refractivity contribution is -0.132. The first kappa shape index (κ1) is 19.0. The number of carbonyl (C=O) groups excluding carboxylic acids is 2. The minimum Gasteiger partial charge on any atom is -0.507 e. The molecule has 1 aliphatic heterocycles. The highest BCUT2D eigenvalue weighted by atomic mass is 35.5. The summed E-state index contributed by atoms with van der Waals surface area (Å²) in [5.41, 5.74) is 2.78. The highest BCUT2D eigenvalue weighted by Gasteiger charge is 2.46. The molecule has 1 atom stereocenters. The molecule has 1 heterocycles. The third-order valence-corrected chi connectivity index (χ3v) is 5.21. The predicted molar refractivity (Wildman–Crippen MR) is 114 cm³/mol. The largest absolute Gasteiger partial charge is 0.507 e. The van der Waals surface area contributed by atoms with E-state index in [9.17, 15) is 14.7 Å². The van der Waals surface area contributed by atoms with Gasteiger partial charge in [0.15, 0.2) is 0 Å². The first-order chi connectivity index (χ1) is 14.0. The molecular weight excluding hydrogens is 386 g/mol. The van der Waals surface area contributed by atoms with Gasteiger partial charge >= 0.3 is 0 Å². The van der Waals surface area contributed by atoms with E-state index in [2.05, 4.69) is 0 Å². The van der Waals surface area contributed by atoms with Crippen LogP contribution in [0.1, 0.15) is 22.7 Å². The minimum absolute atomic E-state index is 0.0602. The summed E-state index contributed by atoms with van der Waals surface area (Å²) in [5, 5.41) is 11.5. The van der Waals surface area contributed by atoms with Gasteiger partial charge in [-0.2, -0.15) is 0 Å². The summed E-state index contributed by atoms with van der Waals surface area (Å²) in [6.07, 6.45) is 0. The van der Waals surface area contributed by atoms with Crippen molar-refractivity contribution >= 4 is 34.7 Å². The average molecular weight is 404 g/mol. The molecule has 4 nitrogen and oxygen atoms in total. The van der Waals surface area contributed by atoms with Crippen LogP contribution in [0.4, 0.5) is 5.69 Å². The molecule has 0 spiro atoms. The van der Waals surface area contributed by atoms with Gasteiger partial charge in [-0.1, -0.05) is 66.2 Å². The number of hydrogen-bond acceptors (Lipinski definition) is 3. The Morgan fingerprint density at radius 1 is 0.931 bits per heavy atom. The van der Waals surface area contributed by atoms with Gasteiger partial charge in [0.1, 0.15) is 5.76 Å². The summed E-state index contributed by atoms with van der Waals surface area (Å²) in [6, 6.07) is 22.3. The fourth-order valence-corrected chi connectivity index (χ4v) is 3.71. The number of aryl methyl sites for hydroxylation is 1. The molecular formula is C24H18ClNO3. The second-order valence-electron chi connectivity index (χ2n) is 6.93. The van der Waals surface area contributed by atoms with E-state index in [1.54, 1.807) is 54.6 Å². The molecule has 0 aromatic heterocycles. The van der Waals surface area contributed by atoms with Crippen LogP contribution >= 0.6 is 11.6 Å². The second-order valence-corrected chi connectivity index (χ2v) is 7.36. The zero-order valence-corrected chi connectivity index (χ0v) is 16.4. The van der Waals surface area contributed by atoms with Crippen LogP contribution < -0.4 is 4.90 Å². The molecule has 1 unspecified atom stereocenters. The molecule has 1 saturated heterocycles. The maximum Gasteiger partial charge on any atom is 0.300 e. The third kappa shape index (κ3) is 3.43. The average Bonchev–Trinajstić information content (AvgIpc) is 2.99. The Labute approximate surface area is 173 Å². The van der Waals surface area contributed by atoms with Crippen molar-refractivity contribution in [2.45, 2.75) is 13.0 Å². The van der Waals surface area contributed by atoms with Crippen LogP contribution in [-0.2, 0) is 9.59 Å². The number of aliphatic hydroxyl groups excluding tert-OH is 1. The summed E-state index contributed by atoms with van der Waals surface area (Å²) < 4.78 is 0. The van der Waals surface area contributed by atoms with E-state index in [0.29, 0.717) is 21.8 Å². The van der Waals surface area contributed by atoms with Gasteiger partial charge in [0.2, 0.25) is 0 Å². The third-order valence-electron chi connectivity index (χ3n) is 4.96. The Balaban J connectivity index is 1.96. The van der Waals surface area contributed by atoms with Crippen molar-refractivity contribution in [3.63, 3.8) is 0 Å². The van der Waals surface area contributed by atoms with Crippen molar-refractivity contribution in [3.8, 4) is 0 Å². The Morgan fingerprint density at radius 3 is 2.28 bits per heavy atom. The maximum atomic E-state index is 13.0. The van der Waals surface area contributed by atoms with E-state index in [4.69, 9.17) is 11.6 Å². The number of Topliss-reactive ketones (excluding diaryl/α,β-unsaturated/α-hetero) is 1. The molecule has 1 aliphatic rings. The molecule has 0 aliphatic carbocycles. The van der Waals surface area contributed by atoms with Crippen LogP contribution in [0.2, 0.25) is 5.02 Å². The fraction of sp³-hybridized carbons (Fsp3) is 0.0833. The molecule has 1 N–H and O–H groups in total. The molecule has 1 fully saturated rings. The van der Waals surface area contributed by atoms with Crippen LogP contribution in [0.25, 0.3) is 5.76 Å². The van der Waals surface area contributed by atoms with Crippen molar-refractivity contribution in [2.75, 3.05) is 4.90 Å². The van der Waals surface area contributed by atoms with Crippen molar-refractivity contribution in [2.24, 2.45) is 0 Å². The molecule has 3 aromatic rings. The highest BCUT2D eigenvalue weighted by Crippen LogP contribution is 2.42. The van der Waals surface area contributed by atoms with E-state index in [-0.39, 0.29) is 11.3 Å². The lowest BCUT2D eigenvalue weighted by Crippen LogP contribution is -2.29. The molecule has 0 radical (unpaired) electrons. The number of carbonyl (C=O) groups is 2. The zero-order valence-electron chi connectivity index (χ0n) is 15.7. The van der Waals surface area contributed by atoms with Crippen LogP contribution in [0, 0.1) is 6.92 Å². The molecule has 0 bridgehead atoms. The van der Waals surface area contributed by atoms with E-state index in [1.165, 1.54) is 4.90 Å². The van der Waals surface area contributed by atoms with Gasteiger partial charge in [0, 0.05) is 16.3 Å². The Bertz CT molecular complexity index is 1120. The second kappa shape index (κ2) is 7.57. The van der Waals surface area contributed by atoms with Crippen molar-refractivity contribution in [1.82, 2.24) is 0 Å². The minimum atomic E-state index is -0.755. The van der Waals surface area contributed by atoms with Gasteiger partial charge in [-0.05, 0) is 42.3 Å². The summed E-state index contributed by atoms with van der Waals surface area (Å²) in [4.78, 5) is 27.5. The topological polar surface area (TPSA) is 57.6 Å². The first-order valence-electron chi connectivity index (χ1n) is 9.16. The van der Waals surface area contributed by atoms with Crippen LogP contribution in [0.15, 0.2) is 84.4 Å². The lowest BCUT2D eigenvalue weighted by atomic mass is 9.95. The van der Waals surface area contributed by atoms with E-state index in [0.717, 1.165) is 5.56 Å². The van der Waals surface area contributed by atoms with Crippen LogP contribution in [-0.4, -0.2) is 16.8 Å². The standard InChI is InChI=1S/C24H18ClNO3/c1-15-6-5-9-19(14-15)26-21(16-10-12-18(25)13-11-16)20(23(28)24(26)29)22(27)17-7-3-2-4-8-17/h2-14,21,27H,1H3/b22-20+. The maximum absolute atomic E-state index is 13.0. The first-order valence-corrected chi connectivity index (χ1v) is 9.53. The van der Waals surface area contributed by atoms with Gasteiger partial charge in [0.25, 0.3) is 11.7 Å². The summed E-state index contributed by atoms with van der Waals surface area (Å²) in [6.45, 7) is 1.92. The summed E-state index contributed by atoms with van der Waals surface area (Å²) >= 11 is 6.04. The molecule has 4 rings (SSSR count). The zero-order chi connectivity index (χ0) is 20.5. The summed E-state index contributed by atoms with van der Waals surface area (Å²) in [5.74, 6) is -1.58. The van der Waals surface area contributed by atoms with Crippen LogP contribution in [0.3, 0.4) is 0 Å². The number of halogens is 1. The quantitative estimate of drug-likeness (QED) is 0.368. The molecule has 3 aromatic carbocycles. The number of hydrogen-bond donors (Lipinski definition) is 1. The van der Waals surface area contributed by atoms with Gasteiger partial charge in [-0.25, -0.2) is 0 Å². The van der Waals surface area contributed by atoms with Gasteiger partial charge in [0.05, 0.1) is 11.6 Å². The normalized spacial score (nSPS) is 18.3. The van der Waals surface area contributed by atoms with Gasteiger partial charge < -0.3 is 5.11 Å². The van der Waals surface area contributed by atoms with Gasteiger partial charge in [-0.15, -0.1) is 0 Å². The number of benzene rings is 3. The van der Waals surface area contributed by atoms with Crippen molar-refractivity contribution < 1.29 is 14.7 Å².